The lowest BCUT2D eigenvalue weighted by atomic mass is 10.1. The van der Waals surface area contributed by atoms with Crippen molar-refractivity contribution in [3.63, 3.8) is 0 Å². The smallest absolute Gasteiger partial charge is 0.244 e. The predicted molar refractivity (Wildman–Crippen MR) is 83.4 cm³/mol. The first-order chi connectivity index (χ1) is 10.0. The van der Waals surface area contributed by atoms with Gasteiger partial charge in [0.25, 0.3) is 0 Å². The molecule has 2 aromatic carbocycles. The molecular weight excluding hydrogens is 336 g/mol. The first-order valence-electron chi connectivity index (χ1n) is 6.13. The van der Waals surface area contributed by atoms with Crippen LogP contribution in [-0.4, -0.2) is 22.3 Å². The Balaban J connectivity index is 1.94. The number of rotatable bonds is 4. The molecule has 0 spiro atoms. The Bertz CT molecular complexity index is 686. The maximum absolute atomic E-state index is 11.7. The van der Waals surface area contributed by atoms with E-state index in [1.807, 2.05) is 0 Å². The van der Waals surface area contributed by atoms with Crippen LogP contribution in [0.3, 0.4) is 0 Å². The minimum atomic E-state index is -0.314. The fraction of sp³-hybridized carbons (Fsp3) is 0.0667. The maximum Gasteiger partial charge on any atom is 0.244 e. The van der Waals surface area contributed by atoms with Gasteiger partial charge < -0.3 is 10.2 Å². The molecule has 108 valence electrons. The minimum absolute atomic E-state index is 0.0733. The van der Waals surface area contributed by atoms with E-state index in [1.54, 1.807) is 24.3 Å². The number of phenolic OH excluding ortho intramolecular Hbond substituents is 2. The third-order valence-corrected chi connectivity index (χ3v) is 3.15. The molecule has 2 aromatic rings. The molecule has 0 radical (unpaired) electrons. The molecule has 2 rings (SSSR count). The van der Waals surface area contributed by atoms with Crippen LogP contribution in [-0.2, 0) is 11.2 Å². The van der Waals surface area contributed by atoms with E-state index in [1.165, 1.54) is 24.4 Å². The van der Waals surface area contributed by atoms with Crippen LogP contribution >= 0.6 is 15.9 Å². The van der Waals surface area contributed by atoms with Crippen molar-refractivity contribution in [1.82, 2.24) is 5.43 Å². The normalized spacial score (nSPS) is 10.7. The first kappa shape index (κ1) is 15.1. The summed E-state index contributed by atoms with van der Waals surface area (Å²) in [6.07, 6.45) is 1.47. The molecule has 0 aliphatic heterocycles. The molecule has 0 aliphatic rings. The summed E-state index contributed by atoms with van der Waals surface area (Å²) in [4.78, 5) is 11.7. The van der Waals surface area contributed by atoms with Crippen molar-refractivity contribution in [2.24, 2.45) is 5.10 Å². The highest BCUT2D eigenvalue weighted by Crippen LogP contribution is 2.19. The zero-order valence-electron chi connectivity index (χ0n) is 11.0. The van der Waals surface area contributed by atoms with E-state index in [4.69, 9.17) is 0 Å². The van der Waals surface area contributed by atoms with Gasteiger partial charge in [-0.2, -0.15) is 5.10 Å². The number of hydrogen-bond donors (Lipinski definition) is 3. The van der Waals surface area contributed by atoms with Gasteiger partial charge in [0.1, 0.15) is 11.5 Å². The SMILES string of the molecule is O=C(Cc1cccc(O)c1)NN=Cc1cc(Br)ccc1O. The monoisotopic (exact) mass is 348 g/mol. The maximum atomic E-state index is 11.7. The van der Waals surface area contributed by atoms with Crippen LogP contribution in [0.4, 0.5) is 0 Å². The third kappa shape index (κ3) is 4.61. The summed E-state index contributed by atoms with van der Waals surface area (Å²) in [5.74, 6) is -0.127. The summed E-state index contributed by atoms with van der Waals surface area (Å²) in [7, 11) is 0. The molecule has 21 heavy (non-hydrogen) atoms. The number of carbonyl (C=O) groups is 1. The van der Waals surface area contributed by atoms with Crippen LogP contribution in [0.15, 0.2) is 52.0 Å². The summed E-state index contributed by atoms with van der Waals surface area (Å²) in [5, 5.41) is 22.7. The average Bonchev–Trinajstić information content (AvgIpc) is 2.42. The fourth-order valence-electron chi connectivity index (χ4n) is 1.69. The summed E-state index contributed by atoms with van der Waals surface area (Å²) in [5.41, 5.74) is 3.54. The standard InChI is InChI=1S/C15H13BrN2O3/c16-12-4-5-14(20)11(8-12)9-17-18-15(21)7-10-2-1-3-13(19)6-10/h1-6,8-9,19-20H,7H2,(H,18,21). The van der Waals surface area contributed by atoms with Crippen LogP contribution in [0.1, 0.15) is 11.1 Å². The number of halogens is 1. The van der Waals surface area contributed by atoms with Crippen molar-refractivity contribution in [1.29, 1.82) is 0 Å². The molecule has 0 aromatic heterocycles. The van der Waals surface area contributed by atoms with Crippen molar-refractivity contribution in [2.75, 3.05) is 0 Å². The van der Waals surface area contributed by atoms with Gasteiger partial charge >= 0.3 is 0 Å². The van der Waals surface area contributed by atoms with E-state index in [2.05, 4.69) is 26.5 Å². The summed E-state index contributed by atoms with van der Waals surface area (Å²) in [6, 6.07) is 11.4. The summed E-state index contributed by atoms with van der Waals surface area (Å²) >= 11 is 3.28. The van der Waals surface area contributed by atoms with Gasteiger partial charge in [-0.1, -0.05) is 28.1 Å². The average molecular weight is 349 g/mol. The molecule has 0 bridgehead atoms. The number of aromatic hydroxyl groups is 2. The van der Waals surface area contributed by atoms with Gasteiger partial charge in [0.2, 0.25) is 5.91 Å². The van der Waals surface area contributed by atoms with Crippen LogP contribution in [0, 0.1) is 0 Å². The number of nitrogens with one attached hydrogen (secondary N) is 1. The molecule has 3 N–H and O–H groups in total. The molecule has 0 atom stereocenters. The summed E-state index contributed by atoms with van der Waals surface area (Å²) < 4.78 is 0.799. The molecule has 5 nitrogen and oxygen atoms in total. The van der Waals surface area contributed by atoms with Crippen molar-refractivity contribution >= 4 is 28.1 Å². The van der Waals surface area contributed by atoms with E-state index in [9.17, 15) is 15.0 Å². The molecule has 0 heterocycles. The number of amides is 1. The number of hydrazone groups is 1. The Kier molecular flexibility index (Phi) is 4.94. The van der Waals surface area contributed by atoms with Gasteiger partial charge in [-0.05, 0) is 35.9 Å². The van der Waals surface area contributed by atoms with Crippen LogP contribution in [0.25, 0.3) is 0 Å². The topological polar surface area (TPSA) is 81.9 Å². The van der Waals surface area contributed by atoms with Gasteiger partial charge in [-0.15, -0.1) is 0 Å². The molecule has 0 fully saturated rings. The van der Waals surface area contributed by atoms with Crippen LogP contribution in [0.2, 0.25) is 0 Å². The first-order valence-corrected chi connectivity index (χ1v) is 6.92. The van der Waals surface area contributed by atoms with Crippen molar-refractivity contribution in [2.45, 2.75) is 6.42 Å². The highest BCUT2D eigenvalue weighted by atomic mass is 79.9. The number of benzene rings is 2. The summed E-state index contributed by atoms with van der Waals surface area (Å²) in [6.45, 7) is 0. The second kappa shape index (κ2) is 6.90. The van der Waals surface area contributed by atoms with Crippen LogP contribution in [0.5, 0.6) is 11.5 Å². The minimum Gasteiger partial charge on any atom is -0.508 e. The van der Waals surface area contributed by atoms with Crippen molar-refractivity contribution < 1.29 is 15.0 Å². The molecule has 6 heteroatoms. The Morgan fingerprint density at radius 3 is 2.81 bits per heavy atom. The van der Waals surface area contributed by atoms with Gasteiger partial charge in [0.15, 0.2) is 0 Å². The van der Waals surface area contributed by atoms with E-state index in [0.29, 0.717) is 11.1 Å². The predicted octanol–water partition coefficient (Wildman–Crippen LogP) is 2.55. The Labute approximate surface area is 130 Å². The fourth-order valence-corrected chi connectivity index (χ4v) is 2.07. The third-order valence-electron chi connectivity index (χ3n) is 2.66. The Morgan fingerprint density at radius 2 is 2.05 bits per heavy atom. The van der Waals surface area contributed by atoms with E-state index >= 15 is 0 Å². The number of phenols is 2. The highest BCUT2D eigenvalue weighted by Gasteiger charge is 2.03. The molecular formula is C15H13BrN2O3. The van der Waals surface area contributed by atoms with Crippen molar-refractivity contribution in [3.8, 4) is 11.5 Å². The van der Waals surface area contributed by atoms with Crippen LogP contribution < -0.4 is 5.43 Å². The molecule has 0 aliphatic carbocycles. The van der Waals surface area contributed by atoms with Gasteiger partial charge in [-0.25, -0.2) is 5.43 Å². The lowest BCUT2D eigenvalue weighted by Crippen LogP contribution is -2.19. The molecule has 1 amide bonds. The zero-order chi connectivity index (χ0) is 15.2. The largest absolute Gasteiger partial charge is 0.508 e. The quantitative estimate of drug-likeness (QED) is 0.586. The molecule has 0 saturated carbocycles. The lowest BCUT2D eigenvalue weighted by molar-refractivity contribution is -0.120. The highest BCUT2D eigenvalue weighted by molar-refractivity contribution is 9.10. The number of hydrogen-bond acceptors (Lipinski definition) is 4. The number of nitrogens with zero attached hydrogens (tertiary/aromatic N) is 1. The molecule has 0 unspecified atom stereocenters. The Morgan fingerprint density at radius 1 is 1.24 bits per heavy atom. The lowest BCUT2D eigenvalue weighted by Gasteiger charge is -2.02. The van der Waals surface area contributed by atoms with E-state index in [-0.39, 0.29) is 23.8 Å². The van der Waals surface area contributed by atoms with Gasteiger partial charge in [0.05, 0.1) is 12.6 Å². The Hall–Kier alpha value is -2.34. The van der Waals surface area contributed by atoms with Gasteiger partial charge in [-0.3, -0.25) is 4.79 Å². The van der Waals surface area contributed by atoms with E-state index < -0.39 is 0 Å². The van der Waals surface area contributed by atoms with Gasteiger partial charge in [0, 0.05) is 10.0 Å². The second-order valence-corrected chi connectivity index (χ2v) is 5.26. The second-order valence-electron chi connectivity index (χ2n) is 4.34. The van der Waals surface area contributed by atoms with Crippen molar-refractivity contribution in [3.05, 3.63) is 58.1 Å². The molecule has 0 saturated heterocycles. The zero-order valence-corrected chi connectivity index (χ0v) is 12.5. The number of carbonyl (C=O) groups excluding carboxylic acids is 1. The van der Waals surface area contributed by atoms with E-state index in [0.717, 1.165) is 4.47 Å².